The fourth-order valence-corrected chi connectivity index (χ4v) is 8.07. The van der Waals surface area contributed by atoms with Crippen molar-refractivity contribution in [3.05, 3.63) is 70.1 Å². The summed E-state index contributed by atoms with van der Waals surface area (Å²) in [6.45, 7) is 3.86. The Balaban J connectivity index is 1.47. The fourth-order valence-electron chi connectivity index (χ4n) is 8.07. The van der Waals surface area contributed by atoms with Crippen LogP contribution in [0.15, 0.2) is 58.9 Å². The second-order valence-electron chi connectivity index (χ2n) is 12.2. The van der Waals surface area contributed by atoms with Crippen LogP contribution in [0.4, 0.5) is 13.2 Å². The van der Waals surface area contributed by atoms with Gasteiger partial charge in [-0.2, -0.15) is 13.2 Å². The zero-order chi connectivity index (χ0) is 27.3. The molecule has 1 saturated carbocycles. The van der Waals surface area contributed by atoms with Crippen molar-refractivity contribution in [1.82, 2.24) is 9.88 Å². The molecular formula is C30H35F3N2O3. The molecule has 6 rings (SSSR count). The van der Waals surface area contributed by atoms with E-state index in [1.54, 1.807) is 12.3 Å². The zero-order valence-corrected chi connectivity index (χ0v) is 22.2. The van der Waals surface area contributed by atoms with E-state index in [2.05, 4.69) is 11.1 Å². The molecule has 8 heteroatoms. The van der Waals surface area contributed by atoms with Crippen molar-refractivity contribution in [2.24, 2.45) is 11.3 Å². The van der Waals surface area contributed by atoms with Crippen LogP contribution in [-0.4, -0.2) is 69.8 Å². The molecule has 2 aliphatic heterocycles. The lowest BCUT2D eigenvalue weighted by atomic mass is 9.56. The summed E-state index contributed by atoms with van der Waals surface area (Å²) in [4.78, 5) is 6.19. The average molecular weight is 529 g/mol. The van der Waals surface area contributed by atoms with E-state index in [1.165, 1.54) is 0 Å². The third kappa shape index (κ3) is 3.49. The van der Waals surface area contributed by atoms with Gasteiger partial charge in [0.15, 0.2) is 0 Å². The number of allylic oxidation sites excluding steroid dienone is 4. The SMILES string of the molecule is Cc1ncccc1/C=C/C1=CCC2[C@]1(C)CC(C(F)(F)F)=C1C=C3[C@@H](O)[C@H](O)[C@@H](N(C)C)C[C@]34CC[C@@]12O4. The summed E-state index contributed by atoms with van der Waals surface area (Å²) in [7, 11) is 3.68. The maximum atomic E-state index is 14.7. The van der Waals surface area contributed by atoms with Gasteiger partial charge in [0.05, 0.1) is 17.3 Å². The number of rotatable bonds is 3. The molecule has 1 unspecified atom stereocenters. The number of aryl methyl sites for hydroxylation is 1. The van der Waals surface area contributed by atoms with Gasteiger partial charge < -0.3 is 19.8 Å². The molecule has 1 aromatic rings. The molecule has 38 heavy (non-hydrogen) atoms. The van der Waals surface area contributed by atoms with E-state index in [0.29, 0.717) is 31.3 Å². The second kappa shape index (κ2) is 8.37. The smallest absolute Gasteiger partial charge is 0.388 e. The summed E-state index contributed by atoms with van der Waals surface area (Å²) in [5.41, 5.74) is -0.0439. The number of aliphatic hydroxyl groups excluding tert-OH is 2. The molecule has 0 aromatic carbocycles. The first-order valence-electron chi connectivity index (χ1n) is 13.4. The summed E-state index contributed by atoms with van der Waals surface area (Å²) >= 11 is 0. The van der Waals surface area contributed by atoms with Crippen molar-refractivity contribution >= 4 is 6.08 Å². The Kier molecular flexibility index (Phi) is 5.72. The van der Waals surface area contributed by atoms with E-state index in [9.17, 15) is 23.4 Å². The summed E-state index contributed by atoms with van der Waals surface area (Å²) in [6.07, 6.45) is 4.24. The van der Waals surface area contributed by atoms with Gasteiger partial charge in [0.1, 0.15) is 6.10 Å². The van der Waals surface area contributed by atoms with Gasteiger partial charge in [0.25, 0.3) is 0 Å². The molecule has 5 nitrogen and oxygen atoms in total. The van der Waals surface area contributed by atoms with Crippen molar-refractivity contribution in [3.8, 4) is 0 Å². The minimum atomic E-state index is -4.54. The summed E-state index contributed by atoms with van der Waals surface area (Å²) in [5.74, 6) is -0.162. The van der Waals surface area contributed by atoms with Crippen LogP contribution < -0.4 is 0 Å². The van der Waals surface area contributed by atoms with Crippen LogP contribution in [-0.2, 0) is 4.74 Å². The molecule has 2 spiro atoms. The number of ether oxygens (including phenoxy) is 1. The Labute approximate surface area is 221 Å². The predicted molar refractivity (Wildman–Crippen MR) is 138 cm³/mol. The summed E-state index contributed by atoms with van der Waals surface area (Å²) in [5, 5.41) is 22.0. The van der Waals surface area contributed by atoms with Crippen LogP contribution in [0.3, 0.4) is 0 Å². The standard InChI is InChI=1S/C30H35F3N2O3/c1-17-18(6-5-13-34-17)7-8-19-9-10-24-27(19,2)15-22(30(31,32)33)20-14-21-25(36)26(37)23(35(3)4)16-28(21)11-12-29(20,24)38-28/h5-9,13-14,23-26,36-37H,10-12,15-16H2,1-4H3/b8-7+/t23-,24?,25+,26+,27+,28+,29+/m0/s1. The molecule has 1 aromatic heterocycles. The Morgan fingerprint density at radius 1 is 1.18 bits per heavy atom. The molecule has 204 valence electrons. The first-order valence-corrected chi connectivity index (χ1v) is 13.4. The lowest BCUT2D eigenvalue weighted by Gasteiger charge is -2.56. The van der Waals surface area contributed by atoms with E-state index in [4.69, 9.17) is 4.74 Å². The van der Waals surface area contributed by atoms with E-state index < -0.39 is 40.6 Å². The number of alkyl halides is 3. The number of aliphatic hydroxyl groups is 2. The van der Waals surface area contributed by atoms with Gasteiger partial charge in [0, 0.05) is 34.8 Å². The highest BCUT2D eigenvalue weighted by atomic mass is 19.4. The Morgan fingerprint density at radius 3 is 2.63 bits per heavy atom. The molecule has 1 saturated heterocycles. The average Bonchev–Trinajstić information content (AvgIpc) is 3.35. The maximum absolute atomic E-state index is 14.7. The van der Waals surface area contributed by atoms with E-state index >= 15 is 0 Å². The molecule has 3 aliphatic carbocycles. The van der Waals surface area contributed by atoms with Crippen molar-refractivity contribution in [2.75, 3.05) is 14.1 Å². The molecular weight excluding hydrogens is 493 g/mol. The second-order valence-corrected chi connectivity index (χ2v) is 12.2. The van der Waals surface area contributed by atoms with Gasteiger partial charge >= 0.3 is 6.18 Å². The highest BCUT2D eigenvalue weighted by Gasteiger charge is 2.69. The number of fused-ring (bicyclic) bond motifs is 1. The highest BCUT2D eigenvalue weighted by molar-refractivity contribution is 5.59. The normalized spacial score (nSPS) is 40.3. The number of nitrogens with zero attached hydrogens (tertiary/aromatic N) is 2. The third-order valence-electron chi connectivity index (χ3n) is 10.1. The molecule has 3 heterocycles. The first-order chi connectivity index (χ1) is 17.8. The van der Waals surface area contributed by atoms with Crippen molar-refractivity contribution in [3.63, 3.8) is 0 Å². The minimum absolute atomic E-state index is 0.153. The lowest BCUT2D eigenvalue weighted by Crippen LogP contribution is -2.62. The van der Waals surface area contributed by atoms with E-state index in [-0.39, 0.29) is 24.0 Å². The maximum Gasteiger partial charge on any atom is 0.413 e. The third-order valence-corrected chi connectivity index (χ3v) is 10.1. The Morgan fingerprint density at radius 2 is 1.95 bits per heavy atom. The largest absolute Gasteiger partial charge is 0.413 e. The number of halogens is 3. The van der Waals surface area contributed by atoms with Crippen LogP contribution in [0.25, 0.3) is 6.08 Å². The highest BCUT2D eigenvalue weighted by Crippen LogP contribution is 2.69. The number of hydrogen-bond donors (Lipinski definition) is 2. The van der Waals surface area contributed by atoms with Gasteiger partial charge in [-0.05, 0) is 81.5 Å². The molecule has 2 fully saturated rings. The van der Waals surface area contributed by atoms with Gasteiger partial charge in [-0.25, -0.2) is 0 Å². The summed E-state index contributed by atoms with van der Waals surface area (Å²) < 4.78 is 51.2. The van der Waals surface area contributed by atoms with Crippen LogP contribution >= 0.6 is 0 Å². The van der Waals surface area contributed by atoms with Crippen LogP contribution in [0.5, 0.6) is 0 Å². The van der Waals surface area contributed by atoms with Crippen LogP contribution in [0.2, 0.25) is 0 Å². The van der Waals surface area contributed by atoms with E-state index in [0.717, 1.165) is 16.8 Å². The Bertz CT molecular complexity index is 1300. The molecule has 2 N–H and O–H groups in total. The zero-order valence-electron chi connectivity index (χ0n) is 22.2. The van der Waals surface area contributed by atoms with Crippen LogP contribution in [0, 0.1) is 18.3 Å². The van der Waals surface area contributed by atoms with Crippen molar-refractivity contribution in [1.29, 1.82) is 0 Å². The number of hydrogen-bond acceptors (Lipinski definition) is 5. The van der Waals surface area contributed by atoms with Crippen LogP contribution in [0.1, 0.15) is 50.3 Å². The van der Waals surface area contributed by atoms with Gasteiger partial charge in [0.2, 0.25) is 0 Å². The minimum Gasteiger partial charge on any atom is -0.388 e. The fraction of sp³-hybridized carbons (Fsp3) is 0.567. The topological polar surface area (TPSA) is 65.8 Å². The molecule has 2 bridgehead atoms. The quantitative estimate of drug-likeness (QED) is 0.584. The van der Waals surface area contributed by atoms with E-state index in [1.807, 2.05) is 57.1 Å². The molecule has 7 atom stereocenters. The number of pyridine rings is 1. The Hall–Kier alpha value is -2.26. The number of aromatic nitrogens is 1. The van der Waals surface area contributed by atoms with Crippen molar-refractivity contribution in [2.45, 2.75) is 81.6 Å². The first kappa shape index (κ1) is 26.0. The van der Waals surface area contributed by atoms with Gasteiger partial charge in [-0.15, -0.1) is 0 Å². The molecule has 5 aliphatic rings. The molecule has 0 radical (unpaired) electrons. The molecule has 0 amide bonds. The van der Waals surface area contributed by atoms with Gasteiger partial charge in [-0.3, -0.25) is 4.98 Å². The lowest BCUT2D eigenvalue weighted by molar-refractivity contribution is -0.171. The van der Waals surface area contributed by atoms with Gasteiger partial charge in [-0.1, -0.05) is 37.3 Å². The summed E-state index contributed by atoms with van der Waals surface area (Å²) in [6, 6.07) is 3.45. The number of likely N-dealkylation sites (N-methyl/N-ethyl adjacent to an activating group) is 1. The monoisotopic (exact) mass is 528 g/mol. The predicted octanol–water partition coefficient (Wildman–Crippen LogP) is 4.90. The van der Waals surface area contributed by atoms with Crippen molar-refractivity contribution < 1.29 is 28.1 Å².